The van der Waals surface area contributed by atoms with Gasteiger partial charge in [-0.05, 0) is 56.2 Å². The van der Waals surface area contributed by atoms with Gasteiger partial charge in [-0.2, -0.15) is 19.9 Å². The summed E-state index contributed by atoms with van der Waals surface area (Å²) in [6.07, 6.45) is 1.48. The van der Waals surface area contributed by atoms with Crippen molar-refractivity contribution in [1.82, 2.24) is 29.5 Å². The van der Waals surface area contributed by atoms with Gasteiger partial charge in [-0.3, -0.25) is 14.6 Å². The van der Waals surface area contributed by atoms with Gasteiger partial charge in [0.25, 0.3) is 11.5 Å². The maximum Gasteiger partial charge on any atom is 0.263 e. The number of nitrogens with one attached hydrogen (secondary N) is 2. The Morgan fingerprint density at radius 3 is 2.60 bits per heavy atom. The highest BCUT2D eigenvalue weighted by atomic mass is 16.5. The molecule has 0 unspecified atom stereocenters. The van der Waals surface area contributed by atoms with Crippen molar-refractivity contribution >= 4 is 22.8 Å². The summed E-state index contributed by atoms with van der Waals surface area (Å²) < 4.78 is 8.30. The van der Waals surface area contributed by atoms with E-state index in [9.17, 15) is 9.59 Å². The Bertz CT molecular complexity index is 1640. The number of para-hydroxylation sites is 1. The quantitative estimate of drug-likeness (QED) is 0.407. The second-order valence-corrected chi connectivity index (χ2v) is 8.19. The Labute approximate surface area is 200 Å². The molecule has 0 aliphatic carbocycles. The third kappa shape index (κ3) is 3.95. The molecule has 0 aliphatic rings. The molecule has 10 heteroatoms. The molecule has 0 radical (unpaired) electrons. The molecule has 5 rings (SSSR count). The van der Waals surface area contributed by atoms with Crippen molar-refractivity contribution in [3.8, 4) is 17.4 Å². The van der Waals surface area contributed by atoms with Crippen LogP contribution in [0, 0.1) is 20.8 Å². The fourth-order valence-electron chi connectivity index (χ4n) is 3.82. The van der Waals surface area contributed by atoms with Gasteiger partial charge in [0.05, 0.1) is 30.3 Å². The number of fused-ring (bicyclic) bond motifs is 1. The third-order valence-corrected chi connectivity index (χ3v) is 5.79. The molecule has 3 aromatic heterocycles. The zero-order valence-electron chi connectivity index (χ0n) is 19.7. The molecular weight excluding hydrogens is 446 g/mol. The molecule has 5 aromatic rings. The zero-order chi connectivity index (χ0) is 24.7. The lowest BCUT2D eigenvalue weighted by Crippen LogP contribution is -2.19. The number of carbonyl (C=O) groups is 1. The number of nitrogens with zero attached hydrogens (tertiary/aromatic N) is 5. The van der Waals surface area contributed by atoms with Crippen LogP contribution < -0.4 is 15.6 Å². The number of aromatic amines is 1. The molecule has 3 heterocycles. The van der Waals surface area contributed by atoms with E-state index in [-0.39, 0.29) is 17.4 Å². The fourth-order valence-corrected chi connectivity index (χ4v) is 3.82. The van der Waals surface area contributed by atoms with Crippen LogP contribution in [0.15, 0.2) is 59.5 Å². The first-order chi connectivity index (χ1) is 16.9. The minimum atomic E-state index is -0.382. The van der Waals surface area contributed by atoms with Crippen LogP contribution in [0.1, 0.15) is 27.2 Å². The van der Waals surface area contributed by atoms with Crippen LogP contribution in [-0.2, 0) is 0 Å². The number of benzene rings is 2. The van der Waals surface area contributed by atoms with Crippen LogP contribution in [0.5, 0.6) is 5.75 Å². The lowest BCUT2D eigenvalue weighted by Gasteiger charge is -2.11. The Morgan fingerprint density at radius 1 is 1.03 bits per heavy atom. The SMILES string of the molecule is COc1ccccc1C(=O)Nc1cc(C)nn1-c1nc2c(cnn2-c2ccc(C)c(C)c2)c(=O)[nH]1. The molecule has 1 amide bonds. The Balaban J connectivity index is 1.59. The highest BCUT2D eigenvalue weighted by Gasteiger charge is 2.19. The number of amides is 1. The van der Waals surface area contributed by atoms with Crippen molar-refractivity contribution < 1.29 is 9.53 Å². The molecule has 2 aromatic carbocycles. The lowest BCUT2D eigenvalue weighted by molar-refractivity contribution is 0.102. The zero-order valence-corrected chi connectivity index (χ0v) is 19.7. The van der Waals surface area contributed by atoms with Gasteiger partial charge < -0.3 is 10.1 Å². The number of methoxy groups -OCH3 is 1. The minimum Gasteiger partial charge on any atom is -0.496 e. The first-order valence-corrected chi connectivity index (χ1v) is 10.9. The van der Waals surface area contributed by atoms with Gasteiger partial charge >= 0.3 is 0 Å². The summed E-state index contributed by atoms with van der Waals surface area (Å²) in [4.78, 5) is 33.3. The van der Waals surface area contributed by atoms with Crippen LogP contribution in [-0.4, -0.2) is 42.5 Å². The van der Waals surface area contributed by atoms with Gasteiger partial charge in [-0.25, -0.2) is 4.68 Å². The highest BCUT2D eigenvalue weighted by Crippen LogP contribution is 2.22. The van der Waals surface area contributed by atoms with Crippen LogP contribution in [0.2, 0.25) is 0 Å². The Morgan fingerprint density at radius 2 is 1.83 bits per heavy atom. The summed E-state index contributed by atoms with van der Waals surface area (Å²) in [7, 11) is 1.50. The molecule has 176 valence electrons. The summed E-state index contributed by atoms with van der Waals surface area (Å²) in [6.45, 7) is 5.83. The second kappa shape index (κ2) is 8.56. The van der Waals surface area contributed by atoms with Gasteiger partial charge in [-0.15, -0.1) is 0 Å². The number of H-pyrrole nitrogens is 1. The Kier molecular flexibility index (Phi) is 5.40. The first kappa shape index (κ1) is 22.1. The van der Waals surface area contributed by atoms with Crippen molar-refractivity contribution in [3.63, 3.8) is 0 Å². The number of ether oxygens (including phenoxy) is 1. The smallest absolute Gasteiger partial charge is 0.263 e. The van der Waals surface area contributed by atoms with E-state index < -0.39 is 0 Å². The van der Waals surface area contributed by atoms with Gasteiger partial charge in [0.2, 0.25) is 5.95 Å². The molecule has 0 saturated carbocycles. The molecule has 0 saturated heterocycles. The van der Waals surface area contributed by atoms with Crippen LogP contribution >= 0.6 is 0 Å². The molecule has 0 spiro atoms. The standard InChI is InChI=1S/C25H23N7O3/c1-14-9-10-17(11-15(14)2)31-22-19(13-26-31)24(34)29-25(28-22)32-21(12-16(3)30-32)27-23(33)18-7-5-6-8-20(18)35-4/h5-13H,1-4H3,(H,27,33)(H,28,29,34). The third-order valence-electron chi connectivity index (χ3n) is 5.79. The van der Waals surface area contributed by atoms with Gasteiger partial charge in [0, 0.05) is 6.07 Å². The largest absolute Gasteiger partial charge is 0.496 e. The summed E-state index contributed by atoms with van der Waals surface area (Å²) in [5, 5.41) is 12.0. The number of aromatic nitrogens is 6. The molecule has 0 aliphatic heterocycles. The lowest BCUT2D eigenvalue weighted by atomic mass is 10.1. The van der Waals surface area contributed by atoms with Gasteiger partial charge in [-0.1, -0.05) is 18.2 Å². The number of anilines is 1. The predicted molar refractivity (Wildman–Crippen MR) is 132 cm³/mol. The number of hydrogen-bond acceptors (Lipinski definition) is 6. The Hall–Kier alpha value is -4.73. The minimum absolute atomic E-state index is 0.150. The molecule has 35 heavy (non-hydrogen) atoms. The number of carbonyl (C=O) groups excluding carboxylic acids is 1. The molecule has 0 fully saturated rings. The normalized spacial score (nSPS) is 11.1. The molecule has 10 nitrogen and oxygen atoms in total. The van der Waals surface area contributed by atoms with E-state index in [1.54, 1.807) is 41.9 Å². The number of aryl methyl sites for hydroxylation is 3. The fraction of sp³-hybridized carbons (Fsp3) is 0.160. The maximum atomic E-state index is 13.0. The van der Waals surface area contributed by atoms with E-state index in [1.165, 1.54) is 18.0 Å². The van der Waals surface area contributed by atoms with E-state index >= 15 is 0 Å². The topological polar surface area (TPSA) is 120 Å². The maximum absolute atomic E-state index is 13.0. The van der Waals surface area contributed by atoms with E-state index in [2.05, 4.69) is 25.5 Å². The van der Waals surface area contributed by atoms with Crippen LogP contribution in [0.4, 0.5) is 5.82 Å². The second-order valence-electron chi connectivity index (χ2n) is 8.19. The highest BCUT2D eigenvalue weighted by molar-refractivity contribution is 6.05. The summed E-state index contributed by atoms with van der Waals surface area (Å²) in [6, 6.07) is 14.5. The monoisotopic (exact) mass is 469 g/mol. The van der Waals surface area contributed by atoms with Crippen molar-refractivity contribution in [1.29, 1.82) is 0 Å². The number of rotatable bonds is 5. The predicted octanol–water partition coefficient (Wildman–Crippen LogP) is 3.48. The van der Waals surface area contributed by atoms with E-state index in [0.717, 1.165) is 16.8 Å². The summed E-state index contributed by atoms with van der Waals surface area (Å²) in [5.41, 5.74) is 4.04. The van der Waals surface area contributed by atoms with Crippen LogP contribution in [0.3, 0.4) is 0 Å². The average molecular weight is 470 g/mol. The number of hydrogen-bond donors (Lipinski definition) is 2. The average Bonchev–Trinajstić information content (AvgIpc) is 3.44. The van der Waals surface area contributed by atoms with Crippen molar-refractivity contribution in [3.05, 3.63) is 87.5 Å². The molecule has 0 bridgehead atoms. The van der Waals surface area contributed by atoms with Crippen molar-refractivity contribution in [2.24, 2.45) is 0 Å². The van der Waals surface area contributed by atoms with Gasteiger partial charge in [0.15, 0.2) is 5.65 Å². The van der Waals surface area contributed by atoms with E-state index in [0.29, 0.717) is 33.9 Å². The molecule has 2 N–H and O–H groups in total. The summed E-state index contributed by atoms with van der Waals surface area (Å²) in [5.74, 6) is 0.555. The van der Waals surface area contributed by atoms with Gasteiger partial charge in [0.1, 0.15) is 17.0 Å². The van der Waals surface area contributed by atoms with E-state index in [4.69, 9.17) is 4.74 Å². The summed E-state index contributed by atoms with van der Waals surface area (Å²) >= 11 is 0. The molecule has 0 atom stereocenters. The van der Waals surface area contributed by atoms with E-state index in [1.807, 2.05) is 32.0 Å². The molecular formula is C25H23N7O3. The van der Waals surface area contributed by atoms with Crippen LogP contribution in [0.25, 0.3) is 22.7 Å². The first-order valence-electron chi connectivity index (χ1n) is 10.9. The van der Waals surface area contributed by atoms with Crippen molar-refractivity contribution in [2.45, 2.75) is 20.8 Å². The van der Waals surface area contributed by atoms with Crippen molar-refractivity contribution in [2.75, 3.05) is 12.4 Å².